The molecule has 2 saturated heterocycles. The summed E-state index contributed by atoms with van der Waals surface area (Å²) in [7, 11) is 0. The summed E-state index contributed by atoms with van der Waals surface area (Å²) in [5.74, 6) is 1.81. The number of likely N-dealkylation sites (tertiary alicyclic amines) is 1. The number of carbonyl (C=O) groups excluding carboxylic acids is 1. The van der Waals surface area contributed by atoms with Gasteiger partial charge in [-0.1, -0.05) is 13.8 Å². The Morgan fingerprint density at radius 2 is 2.11 bits per heavy atom. The summed E-state index contributed by atoms with van der Waals surface area (Å²) in [6.45, 7) is 7.02. The Bertz CT molecular complexity index is 293. The second-order valence-electron chi connectivity index (χ2n) is 5.83. The second kappa shape index (κ2) is 5.80. The first-order valence-electron chi connectivity index (χ1n) is 6.96. The molecular formula is C13H25N3OS. The van der Waals surface area contributed by atoms with Crippen molar-refractivity contribution in [2.24, 2.45) is 11.7 Å². The lowest BCUT2D eigenvalue weighted by molar-refractivity contribution is -0.134. The predicted octanol–water partition coefficient (Wildman–Crippen LogP) is 1.01. The minimum absolute atomic E-state index is 0.140. The number of carbonyl (C=O) groups is 1. The number of nitrogens with two attached hydrogens (primary N) is 1. The number of hydrogen-bond donors (Lipinski definition) is 2. The van der Waals surface area contributed by atoms with Gasteiger partial charge in [0, 0.05) is 25.4 Å². The van der Waals surface area contributed by atoms with Gasteiger partial charge in [-0.05, 0) is 25.2 Å². The first-order valence-corrected chi connectivity index (χ1v) is 7.94. The van der Waals surface area contributed by atoms with Crippen LogP contribution >= 0.6 is 11.8 Å². The van der Waals surface area contributed by atoms with E-state index in [2.05, 4.69) is 19.2 Å². The van der Waals surface area contributed by atoms with Gasteiger partial charge in [-0.2, -0.15) is 0 Å². The Hall–Kier alpha value is -0.260. The highest BCUT2D eigenvalue weighted by molar-refractivity contribution is 8.00. The number of hydrogen-bond acceptors (Lipinski definition) is 4. The predicted molar refractivity (Wildman–Crippen MR) is 76.4 cm³/mol. The molecule has 5 heteroatoms. The van der Waals surface area contributed by atoms with Crippen molar-refractivity contribution in [2.45, 2.75) is 44.0 Å². The molecular weight excluding hydrogens is 246 g/mol. The summed E-state index contributed by atoms with van der Waals surface area (Å²) in [6, 6.07) is -0.316. The topological polar surface area (TPSA) is 58.4 Å². The number of piperidine rings is 1. The molecule has 0 unspecified atom stereocenters. The molecule has 1 spiro atoms. The lowest BCUT2D eigenvalue weighted by atomic mass is 10.00. The molecule has 2 rings (SSSR count). The maximum absolute atomic E-state index is 12.2. The van der Waals surface area contributed by atoms with Crippen molar-refractivity contribution in [2.75, 3.05) is 25.4 Å². The number of thioether (sulfide) groups is 1. The lowest BCUT2D eigenvalue weighted by Crippen LogP contribution is -2.53. The van der Waals surface area contributed by atoms with E-state index in [0.29, 0.717) is 5.92 Å². The summed E-state index contributed by atoms with van der Waals surface area (Å²) in [4.78, 5) is 14.4. The van der Waals surface area contributed by atoms with Crippen molar-refractivity contribution in [3.63, 3.8) is 0 Å². The Balaban J connectivity index is 1.83. The van der Waals surface area contributed by atoms with Gasteiger partial charge in [-0.15, -0.1) is 11.8 Å². The molecule has 0 saturated carbocycles. The van der Waals surface area contributed by atoms with E-state index >= 15 is 0 Å². The SMILES string of the molecule is CC(C)C[C@H](N)C(=O)N1CCC2(CC1)NCCS2. The third-order valence-corrected chi connectivity index (χ3v) is 5.37. The number of nitrogens with one attached hydrogen (secondary N) is 1. The van der Waals surface area contributed by atoms with E-state index in [4.69, 9.17) is 5.73 Å². The lowest BCUT2D eigenvalue weighted by Gasteiger charge is -2.39. The molecule has 2 aliphatic rings. The quantitative estimate of drug-likeness (QED) is 0.804. The van der Waals surface area contributed by atoms with Crippen LogP contribution < -0.4 is 11.1 Å². The second-order valence-corrected chi connectivity index (χ2v) is 7.31. The molecule has 2 fully saturated rings. The van der Waals surface area contributed by atoms with Gasteiger partial charge in [-0.3, -0.25) is 4.79 Å². The highest BCUT2D eigenvalue weighted by atomic mass is 32.2. The van der Waals surface area contributed by atoms with E-state index in [1.54, 1.807) is 0 Å². The van der Waals surface area contributed by atoms with Crippen molar-refractivity contribution >= 4 is 17.7 Å². The van der Waals surface area contributed by atoms with Gasteiger partial charge in [0.1, 0.15) is 0 Å². The Morgan fingerprint density at radius 1 is 1.44 bits per heavy atom. The Morgan fingerprint density at radius 3 is 2.61 bits per heavy atom. The summed E-state index contributed by atoms with van der Waals surface area (Å²) in [6.07, 6.45) is 2.89. The van der Waals surface area contributed by atoms with Gasteiger partial charge in [0.25, 0.3) is 0 Å². The van der Waals surface area contributed by atoms with E-state index in [-0.39, 0.29) is 16.8 Å². The van der Waals surface area contributed by atoms with Gasteiger partial charge in [0.05, 0.1) is 10.9 Å². The van der Waals surface area contributed by atoms with Crippen LogP contribution in [0.3, 0.4) is 0 Å². The maximum Gasteiger partial charge on any atom is 0.239 e. The molecule has 2 heterocycles. The third-order valence-electron chi connectivity index (χ3n) is 3.85. The molecule has 0 aliphatic carbocycles. The molecule has 18 heavy (non-hydrogen) atoms. The standard InChI is InChI=1S/C13H25N3OS/c1-10(2)9-11(14)12(17)16-6-3-13(4-7-16)15-5-8-18-13/h10-11,15H,3-9,14H2,1-2H3/t11-/m0/s1. The van der Waals surface area contributed by atoms with Crippen LogP contribution in [0.2, 0.25) is 0 Å². The van der Waals surface area contributed by atoms with Gasteiger partial charge >= 0.3 is 0 Å². The molecule has 0 aromatic rings. The third kappa shape index (κ3) is 3.19. The van der Waals surface area contributed by atoms with Crippen molar-refractivity contribution in [3.05, 3.63) is 0 Å². The number of amides is 1. The van der Waals surface area contributed by atoms with Crippen molar-refractivity contribution < 1.29 is 4.79 Å². The molecule has 0 bridgehead atoms. The zero-order valence-corrected chi connectivity index (χ0v) is 12.3. The van der Waals surface area contributed by atoms with Crippen LogP contribution in [-0.2, 0) is 4.79 Å². The highest BCUT2D eigenvalue weighted by Crippen LogP contribution is 2.36. The smallest absolute Gasteiger partial charge is 0.239 e. The molecule has 3 N–H and O–H groups in total. The van der Waals surface area contributed by atoms with Crippen molar-refractivity contribution in [1.82, 2.24) is 10.2 Å². The molecule has 0 aromatic carbocycles. The first-order chi connectivity index (χ1) is 8.52. The Labute approximate surface area is 114 Å². The zero-order chi connectivity index (χ0) is 13.2. The summed E-state index contributed by atoms with van der Waals surface area (Å²) in [5, 5.41) is 3.59. The molecule has 2 aliphatic heterocycles. The van der Waals surface area contributed by atoms with Crippen LogP contribution in [0.15, 0.2) is 0 Å². The van der Waals surface area contributed by atoms with E-state index < -0.39 is 0 Å². The van der Waals surface area contributed by atoms with Gasteiger partial charge in [0.2, 0.25) is 5.91 Å². The molecule has 104 valence electrons. The fraction of sp³-hybridized carbons (Fsp3) is 0.923. The molecule has 0 radical (unpaired) electrons. The average molecular weight is 271 g/mol. The summed E-state index contributed by atoms with van der Waals surface area (Å²) >= 11 is 2.02. The largest absolute Gasteiger partial charge is 0.341 e. The molecule has 1 amide bonds. The molecule has 4 nitrogen and oxygen atoms in total. The maximum atomic E-state index is 12.2. The minimum Gasteiger partial charge on any atom is -0.341 e. The number of nitrogens with zero attached hydrogens (tertiary/aromatic N) is 1. The van der Waals surface area contributed by atoms with Gasteiger partial charge in [0.15, 0.2) is 0 Å². The van der Waals surface area contributed by atoms with Crippen LogP contribution in [-0.4, -0.2) is 47.1 Å². The zero-order valence-electron chi connectivity index (χ0n) is 11.4. The highest BCUT2D eigenvalue weighted by Gasteiger charge is 2.39. The Kier molecular flexibility index (Phi) is 4.56. The van der Waals surface area contributed by atoms with E-state index in [0.717, 1.165) is 38.9 Å². The first kappa shape index (κ1) is 14.2. The molecule has 0 aromatic heterocycles. The van der Waals surface area contributed by atoms with Gasteiger partial charge < -0.3 is 16.0 Å². The van der Waals surface area contributed by atoms with E-state index in [1.165, 1.54) is 5.75 Å². The fourth-order valence-electron chi connectivity index (χ4n) is 2.83. The van der Waals surface area contributed by atoms with Crippen LogP contribution in [0.5, 0.6) is 0 Å². The van der Waals surface area contributed by atoms with E-state index in [1.807, 2.05) is 16.7 Å². The van der Waals surface area contributed by atoms with Crippen LogP contribution in [0.1, 0.15) is 33.1 Å². The summed E-state index contributed by atoms with van der Waals surface area (Å²) in [5.41, 5.74) is 5.98. The van der Waals surface area contributed by atoms with Crippen LogP contribution in [0.25, 0.3) is 0 Å². The van der Waals surface area contributed by atoms with Crippen LogP contribution in [0.4, 0.5) is 0 Å². The van der Waals surface area contributed by atoms with Gasteiger partial charge in [-0.25, -0.2) is 0 Å². The average Bonchev–Trinajstić information content (AvgIpc) is 2.77. The summed E-state index contributed by atoms with van der Waals surface area (Å²) < 4.78 is 0. The fourth-order valence-corrected chi connectivity index (χ4v) is 4.10. The van der Waals surface area contributed by atoms with E-state index in [9.17, 15) is 4.79 Å². The molecule has 1 atom stereocenters. The van der Waals surface area contributed by atoms with Crippen molar-refractivity contribution in [3.8, 4) is 0 Å². The monoisotopic (exact) mass is 271 g/mol. The normalized spacial score (nSPS) is 24.8. The van der Waals surface area contributed by atoms with Crippen LogP contribution in [0, 0.1) is 5.92 Å². The number of rotatable bonds is 3. The van der Waals surface area contributed by atoms with Crippen molar-refractivity contribution in [1.29, 1.82) is 0 Å². The minimum atomic E-state index is -0.316.